The molecule has 3 heterocycles. The van der Waals surface area contributed by atoms with E-state index in [1.807, 2.05) is 24.3 Å². The molecule has 4 N–H and O–H groups in total. The highest BCUT2D eigenvalue weighted by molar-refractivity contribution is 6.08. The molecule has 0 bridgehead atoms. The Kier molecular flexibility index (Phi) is 6.12. The van der Waals surface area contributed by atoms with Crippen molar-refractivity contribution in [1.82, 2.24) is 19.1 Å². The van der Waals surface area contributed by atoms with E-state index < -0.39 is 5.60 Å². The highest BCUT2D eigenvalue weighted by atomic mass is 16.3. The maximum Gasteiger partial charge on any atom is 0.264 e. The van der Waals surface area contributed by atoms with Crippen LogP contribution >= 0.6 is 0 Å². The average molecular weight is 470 g/mol. The van der Waals surface area contributed by atoms with Crippen LogP contribution in [0.2, 0.25) is 0 Å². The van der Waals surface area contributed by atoms with E-state index in [0.717, 1.165) is 41.4 Å². The molecule has 3 aromatic heterocycles. The van der Waals surface area contributed by atoms with Gasteiger partial charge in [-0.15, -0.1) is 0 Å². The first kappa shape index (κ1) is 22.8. The van der Waals surface area contributed by atoms with Gasteiger partial charge in [-0.1, -0.05) is 24.3 Å². The fraction of sp³-hybridized carbons (Fsp3) is 0.296. The number of hydrogen-bond acceptors (Lipinski definition) is 6. The first-order chi connectivity index (χ1) is 17.0. The smallest absolute Gasteiger partial charge is 0.264 e. The zero-order chi connectivity index (χ0) is 24.4. The molecule has 1 aliphatic carbocycles. The summed E-state index contributed by atoms with van der Waals surface area (Å²) in [7, 11) is 0. The molecule has 0 aliphatic heterocycles. The molecule has 4 aromatic rings. The van der Waals surface area contributed by atoms with Gasteiger partial charge in [0.1, 0.15) is 11.4 Å². The number of benzene rings is 1. The highest BCUT2D eigenvalue weighted by Crippen LogP contribution is 2.29. The van der Waals surface area contributed by atoms with Crippen molar-refractivity contribution in [2.24, 2.45) is 0 Å². The number of nitrogens with two attached hydrogens (primary N) is 1. The molecule has 0 radical (unpaired) electrons. The number of aliphatic hydroxyl groups is 2. The van der Waals surface area contributed by atoms with Crippen LogP contribution in [-0.2, 0) is 6.42 Å². The number of aliphatic hydroxyl groups excluding tert-OH is 1. The molecule has 1 fully saturated rings. The molecule has 0 spiro atoms. The summed E-state index contributed by atoms with van der Waals surface area (Å²) in [5.74, 6) is 6.66. The van der Waals surface area contributed by atoms with Crippen LogP contribution < -0.4 is 5.73 Å². The number of carbonyl (C=O) groups excluding carboxylic acids is 1. The van der Waals surface area contributed by atoms with Gasteiger partial charge in [-0.05, 0) is 56.0 Å². The lowest BCUT2D eigenvalue weighted by atomic mass is 9.85. The van der Waals surface area contributed by atoms with Gasteiger partial charge in [0.05, 0.1) is 11.1 Å². The molecular weight excluding hydrogens is 442 g/mol. The summed E-state index contributed by atoms with van der Waals surface area (Å²) >= 11 is 0. The topological polar surface area (TPSA) is 119 Å². The van der Waals surface area contributed by atoms with Crippen LogP contribution in [0, 0.1) is 11.8 Å². The number of nitrogen functional groups attached to an aromatic ring is 1. The quantitative estimate of drug-likeness (QED) is 0.395. The summed E-state index contributed by atoms with van der Waals surface area (Å²) in [5, 5.41) is 20.9. The number of nitrogens with zero attached hydrogens (tertiary/aromatic N) is 4. The van der Waals surface area contributed by atoms with Crippen molar-refractivity contribution in [3.8, 4) is 17.7 Å². The van der Waals surface area contributed by atoms with E-state index in [4.69, 9.17) is 5.73 Å². The second-order valence-electron chi connectivity index (χ2n) is 8.91. The van der Waals surface area contributed by atoms with Gasteiger partial charge in [0.15, 0.2) is 0 Å². The zero-order valence-corrected chi connectivity index (χ0v) is 19.3. The van der Waals surface area contributed by atoms with Crippen molar-refractivity contribution in [2.45, 2.75) is 44.1 Å². The number of hydrogen-bond donors (Lipinski definition) is 3. The molecule has 1 saturated carbocycles. The summed E-state index contributed by atoms with van der Waals surface area (Å²) < 4.78 is 3.35. The Morgan fingerprint density at radius 3 is 2.77 bits per heavy atom. The Labute approximate surface area is 203 Å². The van der Waals surface area contributed by atoms with Crippen molar-refractivity contribution in [3.05, 3.63) is 71.8 Å². The first-order valence-corrected chi connectivity index (χ1v) is 11.8. The van der Waals surface area contributed by atoms with Crippen molar-refractivity contribution in [1.29, 1.82) is 0 Å². The SMILES string of the molecule is Nc1nccc(-n2cc(C(=O)n3cccc3CCO)c3ccc(C#CC4(O)CCCCC4)cc32)n1. The van der Waals surface area contributed by atoms with E-state index in [2.05, 4.69) is 21.8 Å². The van der Waals surface area contributed by atoms with Gasteiger partial charge >= 0.3 is 0 Å². The maximum absolute atomic E-state index is 13.5. The van der Waals surface area contributed by atoms with Crippen LogP contribution in [-0.4, -0.2) is 47.4 Å². The number of carbonyl (C=O) groups is 1. The molecule has 8 heteroatoms. The van der Waals surface area contributed by atoms with Crippen molar-refractivity contribution < 1.29 is 15.0 Å². The van der Waals surface area contributed by atoms with E-state index in [0.29, 0.717) is 30.6 Å². The van der Waals surface area contributed by atoms with E-state index in [1.165, 1.54) is 0 Å². The summed E-state index contributed by atoms with van der Waals surface area (Å²) in [6, 6.07) is 11.0. The monoisotopic (exact) mass is 469 g/mol. The molecule has 0 unspecified atom stereocenters. The molecule has 1 aromatic carbocycles. The molecule has 0 saturated heterocycles. The van der Waals surface area contributed by atoms with Gasteiger partial charge in [0.25, 0.3) is 5.91 Å². The third kappa shape index (κ3) is 4.56. The molecular formula is C27H27N5O3. The van der Waals surface area contributed by atoms with Gasteiger partial charge in [-0.3, -0.25) is 9.36 Å². The molecule has 178 valence electrons. The van der Waals surface area contributed by atoms with Crippen molar-refractivity contribution in [2.75, 3.05) is 12.3 Å². The molecule has 8 nitrogen and oxygen atoms in total. The van der Waals surface area contributed by atoms with E-state index in [9.17, 15) is 15.0 Å². The van der Waals surface area contributed by atoms with Gasteiger partial charge < -0.3 is 20.5 Å². The molecule has 1 aliphatic rings. The maximum atomic E-state index is 13.5. The third-order valence-electron chi connectivity index (χ3n) is 6.48. The lowest BCUT2D eigenvalue weighted by Crippen LogP contribution is -2.29. The lowest BCUT2D eigenvalue weighted by Gasteiger charge is -2.26. The normalized spacial score (nSPS) is 15.0. The predicted molar refractivity (Wildman–Crippen MR) is 133 cm³/mol. The highest BCUT2D eigenvalue weighted by Gasteiger charge is 2.26. The number of anilines is 1. The molecule has 0 amide bonds. The molecule has 0 atom stereocenters. The van der Waals surface area contributed by atoms with Crippen LogP contribution in [0.15, 0.2) is 55.0 Å². The van der Waals surface area contributed by atoms with Gasteiger partial charge in [0.2, 0.25) is 5.95 Å². The van der Waals surface area contributed by atoms with Crippen LogP contribution in [0.4, 0.5) is 5.95 Å². The number of aromatic nitrogens is 4. The van der Waals surface area contributed by atoms with Gasteiger partial charge in [-0.2, -0.15) is 4.98 Å². The fourth-order valence-corrected chi connectivity index (χ4v) is 4.68. The average Bonchev–Trinajstić information content (AvgIpc) is 3.48. The van der Waals surface area contributed by atoms with E-state index in [-0.39, 0.29) is 18.5 Å². The number of rotatable bonds is 4. The minimum Gasteiger partial charge on any atom is -0.396 e. The minimum atomic E-state index is -0.949. The summed E-state index contributed by atoms with van der Waals surface area (Å²) in [6.07, 6.45) is 9.84. The molecule has 35 heavy (non-hydrogen) atoms. The van der Waals surface area contributed by atoms with Crippen molar-refractivity contribution >= 4 is 22.8 Å². The van der Waals surface area contributed by atoms with Gasteiger partial charge in [-0.25, -0.2) is 4.98 Å². The second kappa shape index (κ2) is 9.37. The Balaban J connectivity index is 1.63. The van der Waals surface area contributed by atoms with Crippen LogP contribution in [0.5, 0.6) is 0 Å². The standard InChI is InChI=1S/C27H27N5O3/c28-26-29-14-9-24(30-26)32-18-22(25(34)31-15-4-5-20(31)10-16-33)21-7-6-19(17-23(21)32)8-13-27(35)11-2-1-3-12-27/h4-7,9,14-15,17-18,33,35H,1-3,10-12,16H2,(H2,28,29,30). The minimum absolute atomic E-state index is 0.0480. The summed E-state index contributed by atoms with van der Waals surface area (Å²) in [6.45, 7) is -0.0480. The lowest BCUT2D eigenvalue weighted by molar-refractivity contribution is 0.0610. The Bertz CT molecular complexity index is 1450. The zero-order valence-electron chi connectivity index (χ0n) is 19.3. The fourth-order valence-electron chi connectivity index (χ4n) is 4.68. The summed E-state index contributed by atoms with van der Waals surface area (Å²) in [4.78, 5) is 21.9. The van der Waals surface area contributed by atoms with E-state index in [1.54, 1.807) is 39.9 Å². The Morgan fingerprint density at radius 2 is 2.00 bits per heavy atom. The van der Waals surface area contributed by atoms with Gasteiger partial charge in [0, 0.05) is 48.3 Å². The second-order valence-corrected chi connectivity index (χ2v) is 8.91. The summed E-state index contributed by atoms with van der Waals surface area (Å²) in [5.41, 5.74) is 7.57. The largest absolute Gasteiger partial charge is 0.396 e. The van der Waals surface area contributed by atoms with Crippen LogP contribution in [0.1, 0.15) is 53.7 Å². The Morgan fingerprint density at radius 1 is 1.17 bits per heavy atom. The molecule has 5 rings (SSSR count). The van der Waals surface area contributed by atoms with E-state index >= 15 is 0 Å². The number of fused-ring (bicyclic) bond motifs is 1. The van der Waals surface area contributed by atoms with Crippen molar-refractivity contribution in [3.63, 3.8) is 0 Å². The predicted octanol–water partition coefficient (Wildman–Crippen LogP) is 3.07. The first-order valence-electron chi connectivity index (χ1n) is 11.8. The van der Waals surface area contributed by atoms with Crippen LogP contribution in [0.25, 0.3) is 16.7 Å². The third-order valence-corrected chi connectivity index (χ3v) is 6.48. The van der Waals surface area contributed by atoms with Crippen LogP contribution in [0.3, 0.4) is 0 Å². The Hall–Kier alpha value is -3.93.